The number of aromatic nitrogens is 2. The Labute approximate surface area is 106 Å². The number of hydrogen-bond acceptors (Lipinski definition) is 4. The Morgan fingerprint density at radius 1 is 1.14 bits per heavy atom. The summed E-state index contributed by atoms with van der Waals surface area (Å²) in [4.78, 5) is 16.8. The van der Waals surface area contributed by atoms with Crippen LogP contribution in [0.5, 0.6) is 0 Å². The zero-order chi connectivity index (χ0) is 7.56. The largest absolute Gasteiger partial charge is 0.305 e. The first-order chi connectivity index (χ1) is 4.70. The summed E-state index contributed by atoms with van der Waals surface area (Å²) in [5.41, 5.74) is -0.0781. The van der Waals surface area contributed by atoms with Crippen LogP contribution in [0.25, 0.3) is 0 Å². The maximum absolute atomic E-state index is 10.0. The summed E-state index contributed by atoms with van der Waals surface area (Å²) in [6, 6.07) is 0. The fourth-order valence-corrected chi connectivity index (χ4v) is 0.480. The molecule has 0 radical (unpaired) electrons. The second-order valence-corrected chi connectivity index (χ2v) is 1.75. The zero-order valence-corrected chi connectivity index (χ0v) is 10.2. The summed E-state index contributed by atoms with van der Waals surface area (Å²) in [5, 5.41) is 10.0. The first-order valence-electron chi connectivity index (χ1n) is 2.63. The lowest BCUT2D eigenvalue weighted by Crippen LogP contribution is -1.92. The van der Waals surface area contributed by atoms with Crippen molar-refractivity contribution in [2.24, 2.45) is 0 Å². The first-order valence-corrected chi connectivity index (χ1v) is 2.63. The molecule has 0 saturated carbocycles. The van der Waals surface area contributed by atoms with Crippen molar-refractivity contribution in [3.8, 4) is 0 Å². The second kappa shape index (κ2) is 10.7. The van der Waals surface area contributed by atoms with Gasteiger partial charge < -0.3 is 0 Å². The van der Waals surface area contributed by atoms with Crippen LogP contribution < -0.4 is 0 Å². The lowest BCUT2D eigenvalue weighted by atomic mass is 10.5. The van der Waals surface area contributed by atoms with E-state index in [0.29, 0.717) is 5.82 Å². The number of hydrogen-bond donors (Lipinski definition) is 0. The zero-order valence-electron chi connectivity index (χ0n) is 6.95. The highest BCUT2D eigenvalue weighted by molar-refractivity contribution is 5.86. The molecular weight excluding hydrogens is 276 g/mol. The topological polar surface area (TPSA) is 68.9 Å². The summed E-state index contributed by atoms with van der Waals surface area (Å²) >= 11 is 0. The van der Waals surface area contributed by atoms with Crippen molar-refractivity contribution in [1.82, 2.24) is 9.97 Å². The molecule has 14 heavy (non-hydrogen) atoms. The normalized spacial score (nSPS) is 6.64. The maximum atomic E-state index is 10.0. The maximum Gasteiger partial charge on any atom is 0.305 e. The average Bonchev–Trinajstić information content (AvgIpc) is 1.88. The lowest BCUT2D eigenvalue weighted by Gasteiger charge is -1.88. The summed E-state index contributed by atoms with van der Waals surface area (Å²) < 4.78 is 0. The summed E-state index contributed by atoms with van der Waals surface area (Å²) in [7, 11) is 0. The van der Waals surface area contributed by atoms with Crippen molar-refractivity contribution in [2.75, 3.05) is 0 Å². The highest BCUT2D eigenvalue weighted by atomic mass is 35.5. The Hall–Kier alpha value is -0.360. The van der Waals surface area contributed by atoms with Crippen molar-refractivity contribution in [3.63, 3.8) is 0 Å². The van der Waals surface area contributed by atoms with E-state index in [1.165, 1.54) is 12.4 Å². The fraction of sp³-hybridized carbons (Fsp3) is 0.200. The Bertz CT molecular complexity index is 256. The quantitative estimate of drug-likeness (QED) is 0.586. The molecule has 84 valence electrons. The molecule has 0 bridgehead atoms. The second-order valence-electron chi connectivity index (χ2n) is 1.75. The van der Waals surface area contributed by atoms with Crippen molar-refractivity contribution < 1.29 is 4.92 Å². The highest BCUT2D eigenvalue weighted by Gasteiger charge is 2.03. The van der Waals surface area contributed by atoms with E-state index in [4.69, 9.17) is 0 Å². The molecule has 1 rings (SSSR count). The van der Waals surface area contributed by atoms with E-state index in [0.717, 1.165) is 0 Å². The van der Waals surface area contributed by atoms with Crippen molar-refractivity contribution in [2.45, 2.75) is 6.92 Å². The van der Waals surface area contributed by atoms with Crippen LogP contribution in [0.4, 0.5) is 5.69 Å². The van der Waals surface area contributed by atoms with Crippen molar-refractivity contribution in [1.29, 1.82) is 0 Å². The Morgan fingerprint density at radius 2 is 1.50 bits per heavy atom. The molecule has 1 heterocycles. The van der Waals surface area contributed by atoms with Gasteiger partial charge >= 0.3 is 5.69 Å². The van der Waals surface area contributed by atoms with Crippen LogP contribution in [-0.2, 0) is 0 Å². The molecule has 9 heteroatoms. The molecule has 1 aromatic rings. The summed E-state index contributed by atoms with van der Waals surface area (Å²) in [6.45, 7) is 1.67. The summed E-state index contributed by atoms with van der Waals surface area (Å²) in [6.07, 6.45) is 2.37. The van der Waals surface area contributed by atoms with E-state index >= 15 is 0 Å². The predicted molar refractivity (Wildman–Crippen MR) is 62.4 cm³/mol. The molecule has 0 aliphatic carbocycles. The standard InChI is InChI=1S/C5H5N3O2.4ClH/c1-4-6-2-5(3-7-4)8(9)10;;;;/h2-3H,1H3;4*1H. The molecule has 1 aromatic heterocycles. The molecule has 0 aromatic carbocycles. The van der Waals surface area contributed by atoms with Crippen molar-refractivity contribution in [3.05, 3.63) is 28.3 Å². The number of halogens is 4. The van der Waals surface area contributed by atoms with Gasteiger partial charge in [0.2, 0.25) is 0 Å². The van der Waals surface area contributed by atoms with Crippen LogP contribution in [0.1, 0.15) is 5.82 Å². The molecule has 0 aliphatic rings. The molecular formula is C5H9Cl4N3O2. The fourth-order valence-electron chi connectivity index (χ4n) is 0.480. The third-order valence-electron chi connectivity index (χ3n) is 0.978. The van der Waals surface area contributed by atoms with E-state index in [9.17, 15) is 10.1 Å². The average molecular weight is 285 g/mol. The van der Waals surface area contributed by atoms with Gasteiger partial charge in [-0.1, -0.05) is 0 Å². The Morgan fingerprint density at radius 3 is 1.79 bits per heavy atom. The molecule has 0 amide bonds. The monoisotopic (exact) mass is 283 g/mol. The Kier molecular flexibility index (Phi) is 18.0. The van der Waals surface area contributed by atoms with Gasteiger partial charge in [-0.15, -0.1) is 49.6 Å². The van der Waals surface area contributed by atoms with E-state index < -0.39 is 4.92 Å². The van der Waals surface area contributed by atoms with Gasteiger partial charge in [0.25, 0.3) is 0 Å². The molecule has 0 N–H and O–H groups in total. The molecule has 0 fully saturated rings. The SMILES string of the molecule is Cc1ncc([N+](=O)[O-])cn1.Cl.Cl.Cl.Cl. The predicted octanol–water partition coefficient (Wildman–Crippen LogP) is 2.38. The number of rotatable bonds is 1. The van der Waals surface area contributed by atoms with Crippen molar-refractivity contribution >= 4 is 55.3 Å². The Balaban J connectivity index is -0.000000125. The minimum absolute atomic E-state index is 0. The van der Waals surface area contributed by atoms with E-state index in [-0.39, 0.29) is 55.3 Å². The van der Waals surface area contributed by atoms with E-state index in [1.54, 1.807) is 6.92 Å². The van der Waals surface area contributed by atoms with E-state index in [1.807, 2.05) is 0 Å². The number of nitrogens with zero attached hydrogens (tertiary/aromatic N) is 3. The van der Waals surface area contributed by atoms with Gasteiger partial charge in [-0.05, 0) is 6.92 Å². The molecule has 0 saturated heterocycles. The van der Waals surface area contributed by atoms with Gasteiger partial charge in [0.1, 0.15) is 18.2 Å². The third kappa shape index (κ3) is 7.08. The van der Waals surface area contributed by atoms with E-state index in [2.05, 4.69) is 9.97 Å². The van der Waals surface area contributed by atoms with Crippen LogP contribution >= 0.6 is 49.6 Å². The van der Waals surface area contributed by atoms with Crippen LogP contribution in [0.2, 0.25) is 0 Å². The van der Waals surface area contributed by atoms with Crippen LogP contribution in [0.15, 0.2) is 12.4 Å². The van der Waals surface area contributed by atoms with Gasteiger partial charge in [-0.3, -0.25) is 10.1 Å². The molecule has 5 nitrogen and oxygen atoms in total. The van der Waals surface area contributed by atoms with Gasteiger partial charge in [0.15, 0.2) is 0 Å². The molecule has 0 unspecified atom stereocenters. The van der Waals surface area contributed by atoms with Gasteiger partial charge in [0, 0.05) is 0 Å². The molecule has 0 atom stereocenters. The van der Waals surface area contributed by atoms with Gasteiger partial charge in [-0.25, -0.2) is 9.97 Å². The molecule has 0 aliphatic heterocycles. The van der Waals surface area contributed by atoms with Gasteiger partial charge in [-0.2, -0.15) is 0 Å². The minimum Gasteiger partial charge on any atom is -0.258 e. The van der Waals surface area contributed by atoms with Crippen LogP contribution in [-0.4, -0.2) is 14.9 Å². The minimum atomic E-state index is -0.528. The first kappa shape index (κ1) is 23.5. The number of nitro groups is 1. The molecule has 0 spiro atoms. The van der Waals surface area contributed by atoms with Gasteiger partial charge in [0.05, 0.1) is 4.92 Å². The summed E-state index contributed by atoms with van der Waals surface area (Å²) in [5.74, 6) is 0.533. The highest BCUT2D eigenvalue weighted by Crippen LogP contribution is 2.04. The lowest BCUT2D eigenvalue weighted by molar-refractivity contribution is -0.385. The smallest absolute Gasteiger partial charge is 0.258 e. The van der Waals surface area contributed by atoms with Crippen LogP contribution in [0.3, 0.4) is 0 Å². The third-order valence-corrected chi connectivity index (χ3v) is 0.978. The van der Waals surface area contributed by atoms with Crippen LogP contribution in [0, 0.1) is 17.0 Å². The number of aryl methyl sites for hydroxylation is 1.